The fraction of sp³-hybridized carbons (Fsp3) is 0.762. The Balaban J connectivity index is 1.57. The fourth-order valence-corrected chi connectivity index (χ4v) is 5.78. The van der Waals surface area contributed by atoms with Crippen LogP contribution in [0, 0.1) is 6.92 Å². The SMILES string of the molecule is CCS(=O)C1CCCC(NC(=NC)NCC(c2ccc(C)o2)N2CCCC2)C1. The van der Waals surface area contributed by atoms with Gasteiger partial charge in [0.15, 0.2) is 5.96 Å². The van der Waals surface area contributed by atoms with E-state index in [2.05, 4.69) is 26.6 Å². The van der Waals surface area contributed by atoms with Crippen molar-refractivity contribution in [2.45, 2.75) is 69.7 Å². The van der Waals surface area contributed by atoms with Gasteiger partial charge < -0.3 is 15.1 Å². The van der Waals surface area contributed by atoms with E-state index in [1.165, 1.54) is 12.8 Å². The van der Waals surface area contributed by atoms with Crippen LogP contribution < -0.4 is 10.6 Å². The van der Waals surface area contributed by atoms with E-state index in [0.717, 1.165) is 68.6 Å². The van der Waals surface area contributed by atoms with Crippen LogP contribution in [-0.4, -0.2) is 58.8 Å². The van der Waals surface area contributed by atoms with Crippen LogP contribution in [0.25, 0.3) is 0 Å². The molecule has 3 rings (SSSR count). The van der Waals surface area contributed by atoms with E-state index in [1.54, 1.807) is 0 Å². The third-order valence-corrected chi connectivity index (χ3v) is 7.72. The lowest BCUT2D eigenvalue weighted by Gasteiger charge is -2.31. The molecule has 6 nitrogen and oxygen atoms in total. The number of aryl methyl sites for hydroxylation is 1. The van der Waals surface area contributed by atoms with Crippen LogP contribution >= 0.6 is 0 Å². The lowest BCUT2D eigenvalue weighted by atomic mass is 9.95. The topological polar surface area (TPSA) is 69.9 Å². The summed E-state index contributed by atoms with van der Waals surface area (Å²) in [5.74, 6) is 3.57. The molecule has 1 saturated heterocycles. The maximum absolute atomic E-state index is 12.2. The van der Waals surface area contributed by atoms with Crippen LogP contribution in [0.2, 0.25) is 0 Å². The number of hydrogen-bond acceptors (Lipinski definition) is 4. The van der Waals surface area contributed by atoms with Crippen molar-refractivity contribution in [2.24, 2.45) is 4.99 Å². The number of nitrogens with one attached hydrogen (secondary N) is 2. The summed E-state index contributed by atoms with van der Waals surface area (Å²) in [6.45, 7) is 7.01. The number of aliphatic imine (C=N–C) groups is 1. The van der Waals surface area contributed by atoms with E-state index in [1.807, 2.05) is 27.0 Å². The molecule has 2 N–H and O–H groups in total. The van der Waals surface area contributed by atoms with Crippen molar-refractivity contribution in [3.63, 3.8) is 0 Å². The molecule has 1 aromatic rings. The molecule has 1 saturated carbocycles. The maximum atomic E-state index is 12.2. The van der Waals surface area contributed by atoms with Crippen molar-refractivity contribution in [1.82, 2.24) is 15.5 Å². The molecule has 158 valence electrons. The van der Waals surface area contributed by atoms with Crippen molar-refractivity contribution in [3.8, 4) is 0 Å². The molecule has 28 heavy (non-hydrogen) atoms. The highest BCUT2D eigenvalue weighted by molar-refractivity contribution is 7.85. The van der Waals surface area contributed by atoms with Crippen molar-refractivity contribution in [2.75, 3.05) is 32.4 Å². The van der Waals surface area contributed by atoms with Crippen LogP contribution in [0.3, 0.4) is 0 Å². The van der Waals surface area contributed by atoms with Gasteiger partial charge in [-0.3, -0.25) is 14.1 Å². The van der Waals surface area contributed by atoms with Crippen LogP contribution in [0.1, 0.15) is 63.0 Å². The minimum Gasteiger partial charge on any atom is -0.465 e. The highest BCUT2D eigenvalue weighted by Crippen LogP contribution is 2.26. The number of rotatable bonds is 7. The summed E-state index contributed by atoms with van der Waals surface area (Å²) >= 11 is 0. The van der Waals surface area contributed by atoms with Gasteiger partial charge in [-0.1, -0.05) is 13.3 Å². The molecule has 0 bridgehead atoms. The second-order valence-corrected chi connectivity index (χ2v) is 9.97. The van der Waals surface area contributed by atoms with Crippen LogP contribution in [0.5, 0.6) is 0 Å². The molecule has 4 atom stereocenters. The monoisotopic (exact) mass is 408 g/mol. The molecule has 1 aliphatic carbocycles. The average Bonchev–Trinajstić information content (AvgIpc) is 3.39. The zero-order valence-corrected chi connectivity index (χ0v) is 18.4. The van der Waals surface area contributed by atoms with E-state index < -0.39 is 10.8 Å². The standard InChI is InChI=1S/C21H36N4O2S/c1-4-28(26)18-9-7-8-17(14-18)24-21(22-3)23-15-19(25-12-5-6-13-25)20-11-10-16(2)27-20/h10-11,17-19H,4-9,12-15H2,1-3H3,(H2,22,23,24). The number of hydrogen-bond donors (Lipinski definition) is 2. The molecule has 1 aliphatic heterocycles. The van der Waals surface area contributed by atoms with Crippen LogP contribution in [-0.2, 0) is 10.8 Å². The Labute approximate surface area is 172 Å². The zero-order valence-electron chi connectivity index (χ0n) is 17.6. The first-order valence-electron chi connectivity index (χ1n) is 10.8. The summed E-state index contributed by atoms with van der Waals surface area (Å²) in [5.41, 5.74) is 0. The van der Waals surface area contributed by atoms with Gasteiger partial charge in [0.25, 0.3) is 0 Å². The predicted molar refractivity (Wildman–Crippen MR) is 116 cm³/mol. The molecule has 2 heterocycles. The third kappa shape index (κ3) is 5.60. The van der Waals surface area contributed by atoms with E-state index in [4.69, 9.17) is 4.42 Å². The van der Waals surface area contributed by atoms with Crippen LogP contribution in [0.15, 0.2) is 21.5 Å². The van der Waals surface area contributed by atoms with Gasteiger partial charge in [-0.25, -0.2) is 0 Å². The Morgan fingerprint density at radius 3 is 2.75 bits per heavy atom. The molecular weight excluding hydrogens is 372 g/mol. The molecule has 0 aromatic carbocycles. The Bertz CT molecular complexity index is 669. The van der Waals surface area contributed by atoms with Gasteiger partial charge in [-0.2, -0.15) is 0 Å². The molecule has 1 aromatic heterocycles. The Hall–Kier alpha value is -1.34. The molecule has 7 heteroatoms. The Morgan fingerprint density at radius 1 is 1.32 bits per heavy atom. The highest BCUT2D eigenvalue weighted by Gasteiger charge is 2.28. The summed E-state index contributed by atoms with van der Waals surface area (Å²) in [4.78, 5) is 6.94. The molecule has 0 spiro atoms. The van der Waals surface area contributed by atoms with Crippen molar-refractivity contribution in [3.05, 3.63) is 23.7 Å². The predicted octanol–water partition coefficient (Wildman–Crippen LogP) is 2.97. The number of nitrogens with zero attached hydrogens (tertiary/aromatic N) is 2. The fourth-order valence-electron chi connectivity index (χ4n) is 4.43. The van der Waals surface area contributed by atoms with Crippen molar-refractivity contribution >= 4 is 16.8 Å². The maximum Gasteiger partial charge on any atom is 0.191 e. The van der Waals surface area contributed by atoms with E-state index >= 15 is 0 Å². The molecule has 2 fully saturated rings. The summed E-state index contributed by atoms with van der Waals surface area (Å²) in [5, 5.41) is 7.41. The molecular formula is C21H36N4O2S. The number of guanidine groups is 1. The number of likely N-dealkylation sites (tertiary alicyclic amines) is 1. The van der Waals surface area contributed by atoms with Gasteiger partial charge in [0, 0.05) is 41.4 Å². The molecule has 4 unspecified atom stereocenters. The minimum atomic E-state index is -0.706. The van der Waals surface area contributed by atoms with Gasteiger partial charge >= 0.3 is 0 Å². The van der Waals surface area contributed by atoms with E-state index in [-0.39, 0.29) is 6.04 Å². The number of furan rings is 1. The third-order valence-electron chi connectivity index (χ3n) is 5.98. The summed E-state index contributed by atoms with van der Waals surface area (Å²) in [6.07, 6.45) is 6.80. The van der Waals surface area contributed by atoms with Gasteiger partial charge in [0.05, 0.1) is 6.04 Å². The lowest BCUT2D eigenvalue weighted by Crippen LogP contribution is -2.48. The molecule has 0 radical (unpaired) electrons. The highest BCUT2D eigenvalue weighted by atomic mass is 32.2. The normalized spacial score (nSPS) is 26.2. The second-order valence-electron chi connectivity index (χ2n) is 7.96. The van der Waals surface area contributed by atoms with Gasteiger partial charge in [0.1, 0.15) is 11.5 Å². The zero-order chi connectivity index (χ0) is 19.9. The Morgan fingerprint density at radius 2 is 2.11 bits per heavy atom. The first kappa shape index (κ1) is 21.4. The summed E-state index contributed by atoms with van der Waals surface area (Å²) in [6, 6.07) is 4.71. The van der Waals surface area contributed by atoms with Gasteiger partial charge in [-0.05, 0) is 64.3 Å². The lowest BCUT2D eigenvalue weighted by molar-refractivity contribution is 0.213. The minimum absolute atomic E-state index is 0.224. The van der Waals surface area contributed by atoms with E-state index in [0.29, 0.717) is 11.3 Å². The van der Waals surface area contributed by atoms with Crippen molar-refractivity contribution < 1.29 is 8.63 Å². The summed E-state index contributed by atoms with van der Waals surface area (Å²) in [7, 11) is 1.12. The second kappa shape index (κ2) is 10.4. The smallest absolute Gasteiger partial charge is 0.191 e. The molecule has 2 aliphatic rings. The van der Waals surface area contributed by atoms with E-state index in [9.17, 15) is 4.21 Å². The Kier molecular flexibility index (Phi) is 7.97. The van der Waals surface area contributed by atoms with Crippen LogP contribution in [0.4, 0.5) is 0 Å². The quantitative estimate of drug-likeness (QED) is 0.536. The summed E-state index contributed by atoms with van der Waals surface area (Å²) < 4.78 is 18.2. The van der Waals surface area contributed by atoms with Gasteiger partial charge in [-0.15, -0.1) is 0 Å². The van der Waals surface area contributed by atoms with Crippen molar-refractivity contribution in [1.29, 1.82) is 0 Å². The largest absolute Gasteiger partial charge is 0.465 e. The van der Waals surface area contributed by atoms with Gasteiger partial charge in [0.2, 0.25) is 0 Å². The first-order chi connectivity index (χ1) is 13.6. The first-order valence-corrected chi connectivity index (χ1v) is 12.1. The molecule has 0 amide bonds. The average molecular weight is 409 g/mol.